The van der Waals surface area contributed by atoms with E-state index in [1.807, 2.05) is 44.3 Å². The minimum atomic E-state index is -0.992. The summed E-state index contributed by atoms with van der Waals surface area (Å²) in [4.78, 5) is 18.5. The molecule has 38 heavy (non-hydrogen) atoms. The van der Waals surface area contributed by atoms with Crippen molar-refractivity contribution in [2.75, 3.05) is 6.54 Å². The Kier molecular flexibility index (Phi) is 7.37. The van der Waals surface area contributed by atoms with Gasteiger partial charge in [-0.1, -0.05) is 36.4 Å². The predicted molar refractivity (Wildman–Crippen MR) is 141 cm³/mol. The molecule has 0 radical (unpaired) electrons. The molecule has 198 valence electrons. The van der Waals surface area contributed by atoms with Crippen LogP contribution in [0.5, 0.6) is 5.75 Å². The highest BCUT2D eigenvalue weighted by molar-refractivity contribution is 5.77. The molecule has 8 nitrogen and oxygen atoms in total. The highest BCUT2D eigenvalue weighted by Crippen LogP contribution is 2.34. The van der Waals surface area contributed by atoms with Crippen molar-refractivity contribution in [1.29, 1.82) is 0 Å². The van der Waals surface area contributed by atoms with E-state index in [0.717, 1.165) is 41.0 Å². The number of carboxylic acids is 1. The molecule has 2 atom stereocenters. The van der Waals surface area contributed by atoms with Gasteiger partial charge in [0.25, 0.3) is 0 Å². The summed E-state index contributed by atoms with van der Waals surface area (Å²) < 4.78 is 23.5. The molecule has 3 heterocycles. The van der Waals surface area contributed by atoms with E-state index >= 15 is 4.39 Å². The normalized spacial score (nSPS) is 16.6. The Bertz CT molecular complexity index is 1470. The van der Waals surface area contributed by atoms with Gasteiger partial charge in [0.2, 0.25) is 0 Å². The van der Waals surface area contributed by atoms with Crippen LogP contribution < -0.4 is 4.74 Å². The number of carbonyl (C=O) groups is 1. The first-order valence-electron chi connectivity index (χ1n) is 13.0. The molecule has 4 aromatic rings. The molecule has 0 fully saturated rings. The maximum absolute atomic E-state index is 15.7. The molecular formula is C29H32FN5O3. The van der Waals surface area contributed by atoms with Gasteiger partial charge < -0.3 is 9.84 Å². The van der Waals surface area contributed by atoms with Crippen molar-refractivity contribution in [2.24, 2.45) is 0 Å². The molecule has 0 saturated carbocycles. The number of ether oxygens (including phenoxy) is 1. The van der Waals surface area contributed by atoms with Crippen molar-refractivity contribution < 1.29 is 19.0 Å². The van der Waals surface area contributed by atoms with E-state index in [1.165, 1.54) is 0 Å². The number of aliphatic carboxylic acids is 1. The van der Waals surface area contributed by atoms with Crippen molar-refractivity contribution in [1.82, 2.24) is 24.9 Å². The van der Waals surface area contributed by atoms with Crippen LogP contribution in [-0.2, 0) is 24.4 Å². The monoisotopic (exact) mass is 517 g/mol. The second-order valence-corrected chi connectivity index (χ2v) is 9.88. The van der Waals surface area contributed by atoms with Gasteiger partial charge in [0.05, 0.1) is 11.9 Å². The molecule has 1 unspecified atom stereocenters. The maximum Gasteiger partial charge on any atom is 0.304 e. The smallest absolute Gasteiger partial charge is 0.304 e. The van der Waals surface area contributed by atoms with E-state index in [4.69, 9.17) is 4.74 Å². The minimum Gasteiger partial charge on any atom is -0.489 e. The Labute approximate surface area is 221 Å². The molecule has 0 spiro atoms. The van der Waals surface area contributed by atoms with Gasteiger partial charge in [0.15, 0.2) is 5.82 Å². The van der Waals surface area contributed by atoms with Gasteiger partial charge in [-0.25, -0.2) is 9.07 Å². The number of hydrogen-bond acceptors (Lipinski definition) is 6. The van der Waals surface area contributed by atoms with Gasteiger partial charge in [0, 0.05) is 50.1 Å². The van der Waals surface area contributed by atoms with Crippen molar-refractivity contribution >= 4 is 17.0 Å². The van der Waals surface area contributed by atoms with Gasteiger partial charge in [-0.2, -0.15) is 0 Å². The maximum atomic E-state index is 15.7. The molecule has 1 aliphatic heterocycles. The number of aryl methyl sites for hydroxylation is 2. The molecule has 0 aliphatic carbocycles. The fourth-order valence-electron chi connectivity index (χ4n) is 5.22. The van der Waals surface area contributed by atoms with Gasteiger partial charge in [0.1, 0.15) is 17.4 Å². The van der Waals surface area contributed by atoms with E-state index in [0.29, 0.717) is 30.7 Å². The first kappa shape index (κ1) is 25.8. The lowest BCUT2D eigenvalue weighted by Crippen LogP contribution is -2.32. The molecule has 0 bridgehead atoms. The van der Waals surface area contributed by atoms with Gasteiger partial charge in [-0.3, -0.25) is 14.7 Å². The summed E-state index contributed by atoms with van der Waals surface area (Å²) in [5, 5.41) is 17.8. The van der Waals surface area contributed by atoms with Crippen LogP contribution in [0, 0.1) is 12.7 Å². The highest BCUT2D eigenvalue weighted by Gasteiger charge is 2.26. The first-order valence-corrected chi connectivity index (χ1v) is 13.0. The molecule has 0 amide bonds. The number of rotatable bonds is 8. The third-order valence-corrected chi connectivity index (χ3v) is 7.34. The van der Waals surface area contributed by atoms with Crippen molar-refractivity contribution in [3.05, 3.63) is 82.4 Å². The van der Waals surface area contributed by atoms with Crippen LogP contribution in [0.2, 0.25) is 0 Å². The Morgan fingerprint density at radius 1 is 1.24 bits per heavy atom. The molecule has 2 aromatic carbocycles. The fraction of sp³-hybridized carbons (Fsp3) is 0.379. The van der Waals surface area contributed by atoms with Crippen LogP contribution in [0.15, 0.2) is 48.8 Å². The third-order valence-electron chi connectivity index (χ3n) is 7.34. The van der Waals surface area contributed by atoms with Crippen molar-refractivity contribution in [2.45, 2.75) is 65.3 Å². The summed E-state index contributed by atoms with van der Waals surface area (Å²) in [6.07, 6.45) is 4.29. The standard InChI is InChI=1S/C29H32FN5O3/c1-4-22-17-34(16-21-14-31-11-10-26(21)38-22)15-20-12-19(7-6-18(20)3)24(13-27(36)37)23-8-9-25-29(28(23)30)32-33-35(25)5-2/h6-12,14,22,24H,4-5,13,15-17H2,1-3H3,(H,36,37)/t22-,24?/m1/s1. The number of halogens is 1. The van der Waals surface area contributed by atoms with Crippen molar-refractivity contribution in [3.63, 3.8) is 0 Å². The molecule has 9 heteroatoms. The lowest BCUT2D eigenvalue weighted by Gasteiger charge is -2.25. The van der Waals surface area contributed by atoms with E-state index in [9.17, 15) is 9.90 Å². The van der Waals surface area contributed by atoms with Crippen LogP contribution in [0.1, 0.15) is 60.4 Å². The SMILES string of the molecule is CC[C@@H]1CN(Cc2cc(C(CC(=O)O)c3ccc4c(nnn4CC)c3F)ccc2C)Cc2cnccc2O1. The summed E-state index contributed by atoms with van der Waals surface area (Å²) in [6, 6.07) is 11.3. The van der Waals surface area contributed by atoms with Crippen LogP contribution in [0.4, 0.5) is 4.39 Å². The first-order chi connectivity index (χ1) is 18.4. The molecule has 2 aromatic heterocycles. The lowest BCUT2D eigenvalue weighted by atomic mass is 9.86. The van der Waals surface area contributed by atoms with E-state index in [-0.39, 0.29) is 18.0 Å². The molecule has 1 N–H and O–H groups in total. The van der Waals surface area contributed by atoms with E-state index < -0.39 is 17.7 Å². The third kappa shape index (κ3) is 5.11. The number of fused-ring (bicyclic) bond motifs is 2. The summed E-state index contributed by atoms with van der Waals surface area (Å²) >= 11 is 0. The largest absolute Gasteiger partial charge is 0.489 e. The number of nitrogens with zero attached hydrogens (tertiary/aromatic N) is 5. The zero-order chi connectivity index (χ0) is 26.8. The fourth-order valence-corrected chi connectivity index (χ4v) is 5.22. The summed E-state index contributed by atoms with van der Waals surface area (Å²) in [7, 11) is 0. The summed E-state index contributed by atoms with van der Waals surface area (Å²) in [5.41, 5.74) is 5.02. The van der Waals surface area contributed by atoms with Crippen LogP contribution in [-0.4, -0.2) is 48.6 Å². The summed E-state index contributed by atoms with van der Waals surface area (Å²) in [6.45, 7) is 8.74. The van der Waals surface area contributed by atoms with Gasteiger partial charge >= 0.3 is 5.97 Å². The number of aromatic nitrogens is 4. The number of carboxylic acid groups (broad SMARTS) is 1. The molecular weight excluding hydrogens is 485 g/mol. The van der Waals surface area contributed by atoms with Crippen LogP contribution >= 0.6 is 0 Å². The zero-order valence-corrected chi connectivity index (χ0v) is 21.9. The predicted octanol–water partition coefficient (Wildman–Crippen LogP) is 5.07. The van der Waals surface area contributed by atoms with E-state index in [2.05, 4.69) is 27.1 Å². The van der Waals surface area contributed by atoms with Crippen LogP contribution in [0.3, 0.4) is 0 Å². The summed E-state index contributed by atoms with van der Waals surface area (Å²) in [5.74, 6) is -1.31. The minimum absolute atomic E-state index is 0.0549. The lowest BCUT2D eigenvalue weighted by molar-refractivity contribution is -0.137. The average molecular weight is 518 g/mol. The number of hydrogen-bond donors (Lipinski definition) is 1. The Morgan fingerprint density at radius 2 is 2.08 bits per heavy atom. The van der Waals surface area contributed by atoms with Crippen LogP contribution in [0.25, 0.3) is 11.0 Å². The van der Waals surface area contributed by atoms with E-state index in [1.54, 1.807) is 23.0 Å². The quantitative estimate of drug-likeness (QED) is 0.349. The second-order valence-electron chi connectivity index (χ2n) is 9.88. The Hall–Kier alpha value is -3.85. The second kappa shape index (κ2) is 10.9. The Balaban J connectivity index is 1.50. The molecule has 1 aliphatic rings. The highest BCUT2D eigenvalue weighted by atomic mass is 19.1. The average Bonchev–Trinajstić information content (AvgIpc) is 3.24. The molecule has 5 rings (SSSR count). The number of pyridine rings is 1. The van der Waals surface area contributed by atoms with Gasteiger partial charge in [-0.05, 0) is 54.7 Å². The Morgan fingerprint density at radius 3 is 2.84 bits per heavy atom. The topological polar surface area (TPSA) is 93.4 Å². The number of benzene rings is 2. The van der Waals surface area contributed by atoms with Crippen molar-refractivity contribution in [3.8, 4) is 5.75 Å². The molecule has 0 saturated heterocycles. The zero-order valence-electron chi connectivity index (χ0n) is 21.9. The van der Waals surface area contributed by atoms with Gasteiger partial charge in [-0.15, -0.1) is 5.10 Å².